The number of aromatic nitrogens is 4. The normalized spacial score (nSPS) is 21.2. The molecule has 38 heavy (non-hydrogen) atoms. The summed E-state index contributed by atoms with van der Waals surface area (Å²) >= 11 is 0. The number of nitrogens with two attached hydrogens (primary N) is 1. The molecule has 0 aliphatic heterocycles. The fourth-order valence-electron chi connectivity index (χ4n) is 4.24. The minimum Gasteiger partial charge on any atom is -0.465 e. The number of carbonyl (C=O) groups excluding carboxylic acids is 1. The molecular weight excluding hydrogens is 509 g/mol. The van der Waals surface area contributed by atoms with Crippen LogP contribution in [0.15, 0.2) is 48.8 Å². The summed E-state index contributed by atoms with van der Waals surface area (Å²) < 4.78 is 32.2. The second-order valence-corrected chi connectivity index (χ2v) is 11.1. The minimum absolute atomic E-state index is 0.0440. The smallest absolute Gasteiger partial charge is 0.459 e. The molecule has 0 bridgehead atoms. The van der Waals surface area contributed by atoms with Crippen molar-refractivity contribution in [1.29, 1.82) is 0 Å². The summed E-state index contributed by atoms with van der Waals surface area (Å²) in [5.41, 5.74) is 7.32. The zero-order valence-electron chi connectivity index (χ0n) is 21.3. The Balaban J connectivity index is 1.27. The van der Waals surface area contributed by atoms with Crippen molar-refractivity contribution in [3.05, 3.63) is 48.8 Å². The van der Waals surface area contributed by atoms with Crippen LogP contribution in [0, 0.1) is 5.92 Å². The van der Waals surface area contributed by atoms with E-state index in [4.69, 9.17) is 19.5 Å². The molecule has 3 aromatic rings. The van der Waals surface area contributed by atoms with E-state index in [9.17, 15) is 9.36 Å². The molecule has 4 atom stereocenters. The number of anilines is 2. The highest BCUT2D eigenvalue weighted by molar-refractivity contribution is 7.52. The van der Waals surface area contributed by atoms with Crippen LogP contribution in [0.4, 0.5) is 11.8 Å². The molecule has 0 amide bonds. The second-order valence-electron chi connectivity index (χ2n) is 9.42. The van der Waals surface area contributed by atoms with E-state index in [1.165, 1.54) is 0 Å². The van der Waals surface area contributed by atoms with Gasteiger partial charge in [-0.1, -0.05) is 30.4 Å². The molecule has 12 nitrogen and oxygen atoms in total. The quantitative estimate of drug-likeness (QED) is 0.174. The van der Waals surface area contributed by atoms with Gasteiger partial charge in [-0.3, -0.25) is 9.32 Å². The molecule has 2 heterocycles. The first-order chi connectivity index (χ1) is 18.3. The number of para-hydroxylation sites is 1. The number of nitrogen functional groups attached to an aromatic ring is 1. The van der Waals surface area contributed by atoms with E-state index in [0.29, 0.717) is 35.2 Å². The fraction of sp³-hybridized carbons (Fsp3) is 0.440. The highest BCUT2D eigenvalue weighted by Gasteiger charge is 2.34. The Morgan fingerprint density at radius 3 is 2.76 bits per heavy atom. The lowest BCUT2D eigenvalue weighted by molar-refractivity contribution is -0.144. The van der Waals surface area contributed by atoms with Crippen LogP contribution in [0.25, 0.3) is 11.2 Å². The van der Waals surface area contributed by atoms with Crippen LogP contribution in [0.5, 0.6) is 5.75 Å². The van der Waals surface area contributed by atoms with Crippen LogP contribution in [-0.2, 0) is 18.6 Å². The number of benzene rings is 1. The Labute approximate surface area is 220 Å². The highest BCUT2D eigenvalue weighted by atomic mass is 31.2. The highest BCUT2D eigenvalue weighted by Crippen LogP contribution is 2.46. The number of esters is 1. The average Bonchev–Trinajstić information content (AvgIpc) is 3.40. The largest absolute Gasteiger partial charge is 0.465 e. The van der Waals surface area contributed by atoms with E-state index in [-0.39, 0.29) is 31.1 Å². The fourth-order valence-corrected chi connectivity index (χ4v) is 5.79. The molecule has 2 aliphatic carbocycles. The predicted molar refractivity (Wildman–Crippen MR) is 143 cm³/mol. The SMILES string of the molecule is CCOC(=O)[C@@H](C)NP(=O)(OC[C@@H]1C=C[C@H](n2cnc3c(NC4CC4)nc(N)nc32)C1)Oc1ccccc1. The second kappa shape index (κ2) is 11.1. The Kier molecular flexibility index (Phi) is 7.64. The van der Waals surface area contributed by atoms with E-state index < -0.39 is 19.8 Å². The van der Waals surface area contributed by atoms with Crippen molar-refractivity contribution in [3.63, 3.8) is 0 Å². The molecule has 5 rings (SSSR count). The van der Waals surface area contributed by atoms with Crippen molar-refractivity contribution in [3.8, 4) is 5.75 Å². The molecule has 1 aromatic carbocycles. The van der Waals surface area contributed by atoms with Crippen LogP contribution in [0.3, 0.4) is 0 Å². The van der Waals surface area contributed by atoms with E-state index in [1.807, 2.05) is 22.8 Å². The van der Waals surface area contributed by atoms with Gasteiger partial charge in [0.05, 0.1) is 25.6 Å². The van der Waals surface area contributed by atoms with E-state index in [0.717, 1.165) is 12.8 Å². The monoisotopic (exact) mass is 541 g/mol. The number of allylic oxidation sites excluding steroid dienone is 1. The van der Waals surface area contributed by atoms with Crippen molar-refractivity contribution < 1.29 is 23.1 Å². The zero-order chi connectivity index (χ0) is 26.7. The molecule has 1 fully saturated rings. The maximum atomic E-state index is 13.7. The van der Waals surface area contributed by atoms with Gasteiger partial charge >= 0.3 is 13.7 Å². The van der Waals surface area contributed by atoms with Crippen LogP contribution < -0.4 is 20.7 Å². The van der Waals surface area contributed by atoms with Gasteiger partial charge < -0.3 is 24.9 Å². The molecule has 1 unspecified atom stereocenters. The molecule has 202 valence electrons. The Morgan fingerprint density at radius 2 is 2.03 bits per heavy atom. The Morgan fingerprint density at radius 1 is 1.24 bits per heavy atom. The lowest BCUT2D eigenvalue weighted by Crippen LogP contribution is -2.35. The number of hydrogen-bond acceptors (Lipinski definition) is 10. The number of carbonyl (C=O) groups is 1. The summed E-state index contributed by atoms with van der Waals surface area (Å²) in [4.78, 5) is 25.5. The Hall–Kier alpha value is -3.47. The van der Waals surface area contributed by atoms with E-state index >= 15 is 0 Å². The summed E-state index contributed by atoms with van der Waals surface area (Å²) in [6, 6.07) is 8.14. The van der Waals surface area contributed by atoms with Gasteiger partial charge in [0.15, 0.2) is 17.0 Å². The lowest BCUT2D eigenvalue weighted by atomic mass is 10.1. The number of hydrogen-bond donors (Lipinski definition) is 3. The van der Waals surface area contributed by atoms with Gasteiger partial charge in [-0.2, -0.15) is 15.1 Å². The van der Waals surface area contributed by atoms with Crippen molar-refractivity contribution in [2.45, 2.75) is 51.2 Å². The van der Waals surface area contributed by atoms with Gasteiger partial charge in [0.1, 0.15) is 11.8 Å². The van der Waals surface area contributed by atoms with Crippen LogP contribution in [-0.4, -0.2) is 50.8 Å². The first-order valence-corrected chi connectivity index (χ1v) is 14.3. The number of nitrogens with one attached hydrogen (secondary N) is 2. The maximum Gasteiger partial charge on any atom is 0.459 e. The van der Waals surface area contributed by atoms with E-state index in [2.05, 4.69) is 25.4 Å². The molecule has 2 aromatic heterocycles. The van der Waals surface area contributed by atoms with Gasteiger partial charge in [0.2, 0.25) is 5.95 Å². The third kappa shape index (κ3) is 6.15. The van der Waals surface area contributed by atoms with Crippen molar-refractivity contribution in [2.24, 2.45) is 5.92 Å². The third-order valence-corrected chi connectivity index (χ3v) is 7.93. The van der Waals surface area contributed by atoms with E-state index in [1.54, 1.807) is 44.4 Å². The molecular formula is C25H32N7O5P. The van der Waals surface area contributed by atoms with Gasteiger partial charge in [0, 0.05) is 12.0 Å². The summed E-state index contributed by atoms with van der Waals surface area (Å²) in [6.07, 6.45) is 8.65. The molecule has 2 aliphatic rings. The minimum atomic E-state index is -3.92. The van der Waals surface area contributed by atoms with Crippen LogP contribution in [0.1, 0.15) is 39.2 Å². The molecule has 1 saturated carbocycles. The molecule has 0 radical (unpaired) electrons. The molecule has 0 spiro atoms. The topological polar surface area (TPSA) is 156 Å². The Bertz CT molecular complexity index is 1360. The number of nitrogens with zero attached hydrogens (tertiary/aromatic N) is 4. The molecule has 0 saturated heterocycles. The van der Waals surface area contributed by atoms with Crippen molar-refractivity contribution >= 4 is 36.6 Å². The molecule has 4 N–H and O–H groups in total. The maximum absolute atomic E-state index is 13.7. The summed E-state index contributed by atoms with van der Waals surface area (Å²) in [5, 5.41) is 6.08. The van der Waals surface area contributed by atoms with Crippen LogP contribution >= 0.6 is 7.75 Å². The third-order valence-electron chi connectivity index (χ3n) is 6.28. The molecule has 13 heteroatoms. The lowest BCUT2D eigenvalue weighted by Gasteiger charge is -2.24. The van der Waals surface area contributed by atoms with Gasteiger partial charge in [-0.05, 0) is 45.2 Å². The van der Waals surface area contributed by atoms with Crippen molar-refractivity contribution in [2.75, 3.05) is 24.3 Å². The predicted octanol–water partition coefficient (Wildman–Crippen LogP) is 3.84. The van der Waals surface area contributed by atoms with Gasteiger partial charge in [0.25, 0.3) is 0 Å². The first-order valence-electron chi connectivity index (χ1n) is 12.7. The van der Waals surface area contributed by atoms with Crippen LogP contribution in [0.2, 0.25) is 0 Å². The summed E-state index contributed by atoms with van der Waals surface area (Å²) in [5.74, 6) is 0.587. The van der Waals surface area contributed by atoms with Gasteiger partial charge in [-0.15, -0.1) is 0 Å². The average molecular weight is 542 g/mol. The van der Waals surface area contributed by atoms with Gasteiger partial charge in [-0.25, -0.2) is 9.55 Å². The number of ether oxygens (including phenoxy) is 1. The summed E-state index contributed by atoms with van der Waals surface area (Å²) in [7, 11) is -3.92. The zero-order valence-corrected chi connectivity index (χ0v) is 22.2. The van der Waals surface area contributed by atoms with Crippen molar-refractivity contribution in [1.82, 2.24) is 24.6 Å². The first kappa shape index (κ1) is 26.1. The summed E-state index contributed by atoms with van der Waals surface area (Å²) in [6.45, 7) is 3.58. The number of rotatable bonds is 12. The standard InChI is InChI=1S/C25H32N7O5P/c1-3-35-24(33)16(2)31-38(34,37-20-7-5-4-6-8-20)36-14-17-9-12-19(13-17)32-15-27-21-22(28-18-10-11-18)29-25(26)30-23(21)32/h4-9,12,15-19H,3,10-11,13-14H2,1-2H3,(H,31,34)(H3,26,28,29,30)/t16-,17-,19+,38?/m1/s1. The number of fused-ring (bicyclic) bond motifs is 1. The number of imidazole rings is 1.